The summed E-state index contributed by atoms with van der Waals surface area (Å²) in [7, 11) is 0. The van der Waals surface area contributed by atoms with Gasteiger partial charge in [-0.3, -0.25) is 4.90 Å². The Kier molecular flexibility index (Phi) is 4.80. The van der Waals surface area contributed by atoms with Gasteiger partial charge in [0, 0.05) is 19.6 Å². The summed E-state index contributed by atoms with van der Waals surface area (Å²) in [6.45, 7) is 5.60. The molecule has 0 amide bonds. The number of para-hydroxylation sites is 1. The van der Waals surface area contributed by atoms with Gasteiger partial charge in [0.2, 0.25) is 5.95 Å². The zero-order valence-corrected chi connectivity index (χ0v) is 14.0. The number of anilines is 1. The van der Waals surface area contributed by atoms with Crippen molar-refractivity contribution in [2.45, 2.75) is 6.42 Å². The van der Waals surface area contributed by atoms with Gasteiger partial charge in [0.25, 0.3) is 0 Å². The Labute approximate surface area is 145 Å². The van der Waals surface area contributed by atoms with E-state index in [2.05, 4.69) is 30.5 Å². The Morgan fingerprint density at radius 2 is 1.96 bits per heavy atom. The van der Waals surface area contributed by atoms with E-state index in [1.165, 1.54) is 0 Å². The molecule has 1 aliphatic rings. The topological polar surface area (TPSA) is 81.0 Å². The summed E-state index contributed by atoms with van der Waals surface area (Å²) >= 11 is 0. The van der Waals surface area contributed by atoms with Crippen molar-refractivity contribution >= 4 is 17.1 Å². The first-order valence-electron chi connectivity index (χ1n) is 8.58. The van der Waals surface area contributed by atoms with Crippen LogP contribution in [0.15, 0.2) is 36.5 Å². The number of hydrogen-bond donors (Lipinski definition) is 1. The molecule has 1 saturated heterocycles. The van der Waals surface area contributed by atoms with Gasteiger partial charge >= 0.3 is 0 Å². The van der Waals surface area contributed by atoms with Gasteiger partial charge in [-0.2, -0.15) is 9.67 Å². The van der Waals surface area contributed by atoms with E-state index >= 15 is 0 Å². The zero-order chi connectivity index (χ0) is 16.9. The SMILES string of the molecule is c1ccc(-n2nnc3cnc(NCCCN4CCOCC4)nc32)cc1. The molecule has 1 aromatic carbocycles. The van der Waals surface area contributed by atoms with Crippen molar-refractivity contribution in [3.05, 3.63) is 36.5 Å². The Balaban J connectivity index is 1.40. The van der Waals surface area contributed by atoms with E-state index in [0.717, 1.165) is 51.5 Å². The minimum atomic E-state index is 0.606. The first-order chi connectivity index (χ1) is 12.4. The van der Waals surface area contributed by atoms with Crippen LogP contribution in [0.5, 0.6) is 0 Å². The van der Waals surface area contributed by atoms with Crippen LogP contribution in [0.25, 0.3) is 16.9 Å². The van der Waals surface area contributed by atoms with Crippen LogP contribution in [0.3, 0.4) is 0 Å². The van der Waals surface area contributed by atoms with Gasteiger partial charge in [-0.25, -0.2) is 4.98 Å². The second-order valence-electron chi connectivity index (χ2n) is 5.97. The Bertz CT molecular complexity index is 814. The van der Waals surface area contributed by atoms with Crippen molar-refractivity contribution in [1.29, 1.82) is 0 Å². The minimum Gasteiger partial charge on any atom is -0.379 e. The van der Waals surface area contributed by atoms with Crippen molar-refractivity contribution < 1.29 is 4.74 Å². The molecule has 1 N–H and O–H groups in total. The van der Waals surface area contributed by atoms with E-state index in [1.54, 1.807) is 10.9 Å². The number of nitrogens with one attached hydrogen (secondary N) is 1. The molecule has 25 heavy (non-hydrogen) atoms. The third-order valence-corrected chi connectivity index (χ3v) is 4.23. The molecule has 1 aliphatic heterocycles. The molecule has 0 radical (unpaired) electrons. The van der Waals surface area contributed by atoms with Crippen LogP contribution in [-0.2, 0) is 4.74 Å². The molecule has 0 saturated carbocycles. The van der Waals surface area contributed by atoms with Crippen LogP contribution in [0.1, 0.15) is 6.42 Å². The maximum atomic E-state index is 5.36. The highest BCUT2D eigenvalue weighted by atomic mass is 16.5. The summed E-state index contributed by atoms with van der Waals surface area (Å²) in [4.78, 5) is 11.3. The summed E-state index contributed by atoms with van der Waals surface area (Å²) in [6.07, 6.45) is 2.75. The summed E-state index contributed by atoms with van der Waals surface area (Å²) in [5.74, 6) is 0.606. The number of fused-ring (bicyclic) bond motifs is 1. The lowest BCUT2D eigenvalue weighted by atomic mass is 10.3. The maximum Gasteiger partial charge on any atom is 0.224 e. The molecule has 8 nitrogen and oxygen atoms in total. The number of rotatable bonds is 6. The summed E-state index contributed by atoms with van der Waals surface area (Å²) in [6, 6.07) is 9.86. The lowest BCUT2D eigenvalue weighted by Crippen LogP contribution is -2.37. The van der Waals surface area contributed by atoms with E-state index in [-0.39, 0.29) is 0 Å². The molecule has 0 aliphatic carbocycles. The monoisotopic (exact) mass is 339 g/mol. The first-order valence-corrected chi connectivity index (χ1v) is 8.58. The molecule has 3 heterocycles. The highest BCUT2D eigenvalue weighted by Gasteiger charge is 2.11. The molecule has 3 aromatic rings. The zero-order valence-electron chi connectivity index (χ0n) is 14.0. The average molecular weight is 339 g/mol. The lowest BCUT2D eigenvalue weighted by molar-refractivity contribution is 0.0378. The summed E-state index contributed by atoms with van der Waals surface area (Å²) in [5, 5.41) is 11.6. The van der Waals surface area contributed by atoms with Crippen molar-refractivity contribution in [2.24, 2.45) is 0 Å². The van der Waals surface area contributed by atoms with E-state index in [9.17, 15) is 0 Å². The van der Waals surface area contributed by atoms with Crippen molar-refractivity contribution in [2.75, 3.05) is 44.7 Å². The van der Waals surface area contributed by atoms with E-state index in [0.29, 0.717) is 17.1 Å². The van der Waals surface area contributed by atoms with Gasteiger partial charge in [0.05, 0.1) is 25.1 Å². The van der Waals surface area contributed by atoms with Gasteiger partial charge < -0.3 is 10.1 Å². The van der Waals surface area contributed by atoms with Crippen molar-refractivity contribution in [3.63, 3.8) is 0 Å². The van der Waals surface area contributed by atoms with Gasteiger partial charge in [-0.1, -0.05) is 23.4 Å². The Hall–Kier alpha value is -2.58. The quantitative estimate of drug-likeness (QED) is 0.679. The fourth-order valence-electron chi connectivity index (χ4n) is 2.88. The van der Waals surface area contributed by atoms with Crippen molar-refractivity contribution in [3.8, 4) is 5.69 Å². The maximum absolute atomic E-state index is 5.36. The first kappa shape index (κ1) is 15.9. The van der Waals surface area contributed by atoms with E-state index in [4.69, 9.17) is 4.74 Å². The van der Waals surface area contributed by atoms with Crippen LogP contribution in [0.2, 0.25) is 0 Å². The van der Waals surface area contributed by atoms with Crippen LogP contribution in [0, 0.1) is 0 Å². The molecule has 0 spiro atoms. The van der Waals surface area contributed by atoms with E-state index in [1.807, 2.05) is 30.3 Å². The number of aromatic nitrogens is 5. The molecule has 0 unspecified atom stereocenters. The van der Waals surface area contributed by atoms with Gasteiger partial charge in [-0.05, 0) is 25.1 Å². The highest BCUT2D eigenvalue weighted by Crippen LogP contribution is 2.14. The summed E-state index contributed by atoms with van der Waals surface area (Å²) < 4.78 is 7.10. The summed E-state index contributed by atoms with van der Waals surface area (Å²) in [5.41, 5.74) is 2.32. The fourth-order valence-corrected chi connectivity index (χ4v) is 2.88. The van der Waals surface area contributed by atoms with Crippen molar-refractivity contribution in [1.82, 2.24) is 29.9 Å². The van der Waals surface area contributed by atoms with Gasteiger partial charge in [-0.15, -0.1) is 5.10 Å². The van der Waals surface area contributed by atoms with Crippen LogP contribution < -0.4 is 5.32 Å². The highest BCUT2D eigenvalue weighted by molar-refractivity contribution is 5.71. The molecular weight excluding hydrogens is 318 g/mol. The normalized spacial score (nSPS) is 15.5. The smallest absolute Gasteiger partial charge is 0.224 e. The second kappa shape index (κ2) is 7.54. The standard InChI is InChI=1S/C17H21N7O/c1-2-5-14(6-3-1)24-16-15(21-22-24)13-19-17(20-16)18-7-4-8-23-9-11-25-12-10-23/h1-3,5-6,13H,4,7-12H2,(H,18,19,20). The fraction of sp³-hybridized carbons (Fsp3) is 0.412. The molecule has 130 valence electrons. The van der Waals surface area contributed by atoms with Crippen LogP contribution >= 0.6 is 0 Å². The number of ether oxygens (including phenoxy) is 1. The molecule has 4 rings (SSSR count). The molecule has 8 heteroatoms. The predicted molar refractivity (Wildman–Crippen MR) is 94.8 cm³/mol. The molecule has 1 fully saturated rings. The largest absolute Gasteiger partial charge is 0.379 e. The number of morpholine rings is 1. The molecule has 0 atom stereocenters. The van der Waals surface area contributed by atoms with Gasteiger partial charge in [0.15, 0.2) is 11.2 Å². The molecule has 2 aromatic heterocycles. The number of benzene rings is 1. The average Bonchev–Trinajstić information content (AvgIpc) is 3.10. The van der Waals surface area contributed by atoms with Gasteiger partial charge in [0.1, 0.15) is 0 Å². The van der Waals surface area contributed by atoms with Crippen LogP contribution in [-0.4, -0.2) is 69.3 Å². The second-order valence-corrected chi connectivity index (χ2v) is 5.97. The van der Waals surface area contributed by atoms with Crippen LogP contribution in [0.4, 0.5) is 5.95 Å². The van der Waals surface area contributed by atoms with E-state index < -0.39 is 0 Å². The Morgan fingerprint density at radius 1 is 1.12 bits per heavy atom. The molecular formula is C17H21N7O. The lowest BCUT2D eigenvalue weighted by Gasteiger charge is -2.26. The number of hydrogen-bond acceptors (Lipinski definition) is 7. The predicted octanol–water partition coefficient (Wildman–Crippen LogP) is 1.34. The number of nitrogens with zero attached hydrogens (tertiary/aromatic N) is 6. The third-order valence-electron chi connectivity index (χ3n) is 4.23. The third kappa shape index (κ3) is 3.75. The molecule has 0 bridgehead atoms. The Morgan fingerprint density at radius 3 is 2.80 bits per heavy atom. The minimum absolute atomic E-state index is 0.606.